The molecule has 7 heteroatoms. The maximum atomic E-state index is 5.05. The van der Waals surface area contributed by atoms with Gasteiger partial charge in [0.05, 0.1) is 22.6 Å². The van der Waals surface area contributed by atoms with Gasteiger partial charge in [-0.3, -0.25) is 20.0 Å². The molecule has 0 atom stereocenters. The Morgan fingerprint density at radius 2 is 1.97 bits per heavy atom. The lowest BCUT2D eigenvalue weighted by molar-refractivity contribution is 0.371. The van der Waals surface area contributed by atoms with Gasteiger partial charge in [0.2, 0.25) is 0 Å². The number of aromatic amines is 2. The topological polar surface area (TPSA) is 86.4 Å². The Kier molecular flexibility index (Phi) is 6.20. The normalized spacial score (nSPS) is 15.2. The van der Waals surface area contributed by atoms with Gasteiger partial charge < -0.3 is 4.98 Å². The number of likely N-dealkylation sites (tertiary alicyclic amines) is 1. The Balaban J connectivity index is 1.38. The molecule has 1 saturated heterocycles. The minimum atomic E-state index is 0.783. The van der Waals surface area contributed by atoms with Crippen molar-refractivity contribution in [1.82, 2.24) is 35.0 Å². The Labute approximate surface area is 215 Å². The second kappa shape index (κ2) is 9.95. The number of nitrogens with zero attached hydrogens (tertiary/aromatic N) is 5. The molecule has 0 spiro atoms. The van der Waals surface area contributed by atoms with Crippen LogP contribution < -0.4 is 0 Å². The fraction of sp³-hybridized carbons (Fsp3) is 0.200. The van der Waals surface area contributed by atoms with Gasteiger partial charge in [-0.1, -0.05) is 18.7 Å². The smallest absolute Gasteiger partial charge is 0.135 e. The third-order valence-corrected chi connectivity index (χ3v) is 6.96. The predicted molar refractivity (Wildman–Crippen MR) is 150 cm³/mol. The molecule has 5 aromatic heterocycles. The molecule has 0 unspecified atom stereocenters. The molecule has 37 heavy (non-hydrogen) atoms. The van der Waals surface area contributed by atoms with Crippen molar-refractivity contribution >= 4 is 27.5 Å². The summed E-state index contributed by atoms with van der Waals surface area (Å²) in [6, 6.07) is 12.1. The number of H-pyrrole nitrogens is 2. The van der Waals surface area contributed by atoms with Crippen LogP contribution >= 0.6 is 0 Å². The number of pyridine rings is 3. The number of rotatable bonds is 7. The van der Waals surface area contributed by atoms with Crippen LogP contribution in [0.1, 0.15) is 25.5 Å². The lowest BCUT2D eigenvalue weighted by Crippen LogP contribution is -2.21. The van der Waals surface area contributed by atoms with E-state index in [2.05, 4.69) is 61.8 Å². The third kappa shape index (κ3) is 4.49. The van der Waals surface area contributed by atoms with Gasteiger partial charge in [-0.25, -0.2) is 4.98 Å². The molecule has 0 aliphatic carbocycles. The molecular weight excluding hydrogens is 458 g/mol. The minimum absolute atomic E-state index is 0.783. The second-order valence-corrected chi connectivity index (χ2v) is 9.36. The zero-order valence-corrected chi connectivity index (χ0v) is 20.9. The van der Waals surface area contributed by atoms with Gasteiger partial charge >= 0.3 is 0 Å². The van der Waals surface area contributed by atoms with E-state index in [9.17, 15) is 0 Å². The SMILES string of the molecule is C=C/C(=C\C(=C/C)c1ccc2[nH]nc(-c3cc4c(-c5cccnc5)nccc4[nH]3)c2n1)CN1CCCC1. The van der Waals surface area contributed by atoms with Gasteiger partial charge in [-0.15, -0.1) is 0 Å². The van der Waals surface area contributed by atoms with Gasteiger partial charge in [-0.2, -0.15) is 5.10 Å². The highest BCUT2D eigenvalue weighted by Gasteiger charge is 2.17. The standard InChI is InChI=1S/C30H29N7/c1-3-20(19-37-14-5-6-15-37)16-21(4-2)24-9-10-26-29(34-24)30(36-35-26)27-17-23-25(33-27)11-13-32-28(23)22-8-7-12-31-18-22/h3-4,7-13,16-18,33H,1,5-6,14-15,19H2,2H3,(H,35,36)/b20-16+,21-4+. The largest absolute Gasteiger partial charge is 0.353 e. The van der Waals surface area contributed by atoms with Crippen molar-refractivity contribution in [2.45, 2.75) is 19.8 Å². The van der Waals surface area contributed by atoms with Crippen molar-refractivity contribution in [3.8, 4) is 22.6 Å². The van der Waals surface area contributed by atoms with E-state index in [1.54, 1.807) is 6.20 Å². The van der Waals surface area contributed by atoms with E-state index < -0.39 is 0 Å². The van der Waals surface area contributed by atoms with Crippen molar-refractivity contribution in [2.24, 2.45) is 0 Å². The van der Waals surface area contributed by atoms with E-state index in [-0.39, 0.29) is 0 Å². The average Bonchev–Trinajstić information content (AvgIpc) is 3.70. The first-order valence-corrected chi connectivity index (χ1v) is 12.7. The molecule has 7 nitrogen and oxygen atoms in total. The lowest BCUT2D eigenvalue weighted by atomic mass is 10.1. The summed E-state index contributed by atoms with van der Waals surface area (Å²) in [4.78, 5) is 19.9. The Morgan fingerprint density at radius 3 is 2.76 bits per heavy atom. The van der Waals surface area contributed by atoms with Crippen molar-refractivity contribution in [1.29, 1.82) is 0 Å². The molecule has 2 N–H and O–H groups in total. The van der Waals surface area contributed by atoms with Crippen LogP contribution in [-0.4, -0.2) is 54.7 Å². The molecule has 5 aromatic rings. The molecule has 6 rings (SSSR count). The maximum Gasteiger partial charge on any atom is 0.135 e. The molecule has 1 fully saturated rings. The maximum absolute atomic E-state index is 5.05. The number of aromatic nitrogens is 6. The molecule has 0 aromatic carbocycles. The van der Waals surface area contributed by atoms with E-state index in [1.807, 2.05) is 48.8 Å². The molecular formula is C30H29N7. The zero-order chi connectivity index (χ0) is 25.2. The lowest BCUT2D eigenvalue weighted by Gasteiger charge is -2.15. The van der Waals surface area contributed by atoms with E-state index >= 15 is 0 Å². The third-order valence-electron chi connectivity index (χ3n) is 6.96. The predicted octanol–water partition coefficient (Wildman–Crippen LogP) is 6.17. The van der Waals surface area contributed by atoms with E-state index in [0.717, 1.165) is 75.5 Å². The van der Waals surface area contributed by atoms with Gasteiger partial charge in [0.25, 0.3) is 0 Å². The first-order chi connectivity index (χ1) is 18.2. The van der Waals surface area contributed by atoms with Gasteiger partial charge in [-0.05, 0) is 86.5 Å². The van der Waals surface area contributed by atoms with Crippen LogP contribution in [0.2, 0.25) is 0 Å². The highest BCUT2D eigenvalue weighted by atomic mass is 15.1. The summed E-state index contributed by atoms with van der Waals surface area (Å²) in [5.41, 5.74) is 9.43. The minimum Gasteiger partial charge on any atom is -0.353 e. The van der Waals surface area contributed by atoms with E-state index in [1.165, 1.54) is 18.4 Å². The van der Waals surface area contributed by atoms with Gasteiger partial charge in [0, 0.05) is 41.6 Å². The first kappa shape index (κ1) is 23.1. The van der Waals surface area contributed by atoms with Crippen molar-refractivity contribution in [3.05, 3.63) is 91.1 Å². The van der Waals surface area contributed by atoms with E-state index in [0.29, 0.717) is 0 Å². The fourth-order valence-electron chi connectivity index (χ4n) is 5.03. The summed E-state index contributed by atoms with van der Waals surface area (Å²) in [6.07, 6.45) is 14.2. The van der Waals surface area contributed by atoms with Crippen molar-refractivity contribution in [3.63, 3.8) is 0 Å². The fourth-order valence-corrected chi connectivity index (χ4v) is 5.03. The van der Waals surface area contributed by atoms with Crippen molar-refractivity contribution in [2.75, 3.05) is 19.6 Å². The van der Waals surface area contributed by atoms with Crippen LogP contribution in [0.3, 0.4) is 0 Å². The Hall–Kier alpha value is -4.36. The monoisotopic (exact) mass is 487 g/mol. The highest BCUT2D eigenvalue weighted by molar-refractivity contribution is 5.99. The summed E-state index contributed by atoms with van der Waals surface area (Å²) in [6.45, 7) is 9.34. The average molecular weight is 488 g/mol. The van der Waals surface area contributed by atoms with Crippen LogP contribution in [-0.2, 0) is 0 Å². The molecule has 184 valence electrons. The quantitative estimate of drug-likeness (QED) is 0.268. The summed E-state index contributed by atoms with van der Waals surface area (Å²) in [7, 11) is 0. The summed E-state index contributed by atoms with van der Waals surface area (Å²) in [5.74, 6) is 0. The molecule has 1 aliphatic heterocycles. The van der Waals surface area contributed by atoms with Crippen LogP contribution in [0, 0.1) is 0 Å². The van der Waals surface area contributed by atoms with Crippen LogP contribution in [0.25, 0.3) is 50.2 Å². The summed E-state index contributed by atoms with van der Waals surface area (Å²) < 4.78 is 0. The number of allylic oxidation sites excluding steroid dienone is 3. The summed E-state index contributed by atoms with van der Waals surface area (Å²) in [5, 5.41) is 8.79. The summed E-state index contributed by atoms with van der Waals surface area (Å²) >= 11 is 0. The van der Waals surface area contributed by atoms with Crippen LogP contribution in [0.4, 0.5) is 0 Å². The van der Waals surface area contributed by atoms with Gasteiger partial charge in [0.15, 0.2) is 0 Å². The first-order valence-electron chi connectivity index (χ1n) is 12.7. The number of hydrogen-bond acceptors (Lipinski definition) is 5. The highest BCUT2D eigenvalue weighted by Crippen LogP contribution is 2.32. The number of nitrogens with one attached hydrogen (secondary N) is 2. The number of fused-ring (bicyclic) bond motifs is 2. The molecule has 0 amide bonds. The molecule has 6 heterocycles. The molecule has 0 radical (unpaired) electrons. The van der Waals surface area contributed by atoms with Crippen LogP contribution in [0.15, 0.2) is 85.4 Å². The van der Waals surface area contributed by atoms with Crippen molar-refractivity contribution < 1.29 is 0 Å². The Bertz CT molecular complexity index is 1630. The molecule has 0 saturated carbocycles. The van der Waals surface area contributed by atoms with E-state index in [4.69, 9.17) is 4.98 Å². The Morgan fingerprint density at radius 1 is 1.08 bits per heavy atom. The van der Waals surface area contributed by atoms with Crippen LogP contribution in [0.5, 0.6) is 0 Å². The molecule has 0 bridgehead atoms. The number of hydrogen-bond donors (Lipinski definition) is 2. The second-order valence-electron chi connectivity index (χ2n) is 9.36. The van der Waals surface area contributed by atoms with Gasteiger partial charge in [0.1, 0.15) is 11.2 Å². The molecule has 1 aliphatic rings. The zero-order valence-electron chi connectivity index (χ0n) is 20.9.